The highest BCUT2D eigenvalue weighted by Gasteiger charge is 2.30. The molecule has 1 aliphatic rings. The molecular formula is C24H21N3O2S. The zero-order chi connectivity index (χ0) is 20.7. The lowest BCUT2D eigenvalue weighted by molar-refractivity contribution is -0.120. The van der Waals surface area contributed by atoms with Crippen molar-refractivity contribution in [1.82, 2.24) is 14.9 Å². The van der Waals surface area contributed by atoms with E-state index in [0.29, 0.717) is 16.1 Å². The zero-order valence-electron chi connectivity index (χ0n) is 16.5. The maximum absolute atomic E-state index is 13.1. The molecule has 6 heteroatoms. The van der Waals surface area contributed by atoms with E-state index in [2.05, 4.69) is 5.32 Å². The van der Waals surface area contributed by atoms with Crippen LogP contribution in [0.2, 0.25) is 0 Å². The summed E-state index contributed by atoms with van der Waals surface area (Å²) in [6, 6.07) is 21.7. The third-order valence-electron chi connectivity index (χ3n) is 5.39. The summed E-state index contributed by atoms with van der Waals surface area (Å²) in [4.78, 5) is 30.8. The van der Waals surface area contributed by atoms with Crippen molar-refractivity contribution >= 4 is 39.3 Å². The Labute approximate surface area is 178 Å². The first-order valence-corrected chi connectivity index (χ1v) is 10.9. The first-order chi connectivity index (χ1) is 14.6. The van der Waals surface area contributed by atoms with Gasteiger partial charge >= 0.3 is 0 Å². The van der Waals surface area contributed by atoms with Gasteiger partial charge in [0, 0.05) is 13.1 Å². The molecule has 5 nitrogen and oxygen atoms in total. The molecule has 0 unspecified atom stereocenters. The molecule has 1 N–H and O–H groups in total. The molecule has 0 aliphatic heterocycles. The first-order valence-electron chi connectivity index (χ1n) is 10.0. The van der Waals surface area contributed by atoms with Crippen LogP contribution in [0.3, 0.4) is 0 Å². The average Bonchev–Trinajstić information content (AvgIpc) is 3.58. The van der Waals surface area contributed by atoms with E-state index in [0.717, 1.165) is 29.2 Å². The standard InChI is InChI=1S/C24H21N3O2S/c1-27-23(29)19-13-16-9-5-6-10-17(16)14-20(19)26-24(27)30-21(15-7-3-2-4-8-15)22(28)25-18-11-12-18/h2-10,13-14,18,21H,11-12H2,1H3,(H,25,28)/t21-/m1/s1. The number of fused-ring (bicyclic) bond motifs is 2. The van der Waals surface area contributed by atoms with Crippen LogP contribution in [0.5, 0.6) is 0 Å². The molecule has 5 rings (SSSR count). The molecule has 150 valence electrons. The van der Waals surface area contributed by atoms with Crippen molar-refractivity contribution in [3.63, 3.8) is 0 Å². The number of rotatable bonds is 5. The maximum atomic E-state index is 13.1. The van der Waals surface area contributed by atoms with Crippen LogP contribution >= 0.6 is 11.8 Å². The summed E-state index contributed by atoms with van der Waals surface area (Å²) < 4.78 is 1.54. The summed E-state index contributed by atoms with van der Waals surface area (Å²) in [5.74, 6) is -0.0402. The largest absolute Gasteiger partial charge is 0.352 e. The van der Waals surface area contributed by atoms with Crippen molar-refractivity contribution in [2.45, 2.75) is 29.3 Å². The Kier molecular flexibility index (Phi) is 4.79. The Bertz CT molecular complexity index is 1310. The van der Waals surface area contributed by atoms with Gasteiger partial charge in [0.15, 0.2) is 5.16 Å². The molecule has 1 heterocycles. The van der Waals surface area contributed by atoms with Gasteiger partial charge < -0.3 is 5.32 Å². The quantitative estimate of drug-likeness (QED) is 0.301. The van der Waals surface area contributed by atoms with Crippen molar-refractivity contribution in [2.75, 3.05) is 0 Å². The van der Waals surface area contributed by atoms with E-state index in [-0.39, 0.29) is 17.5 Å². The Morgan fingerprint density at radius 1 is 1.07 bits per heavy atom. The summed E-state index contributed by atoms with van der Waals surface area (Å²) in [6.07, 6.45) is 2.05. The molecule has 0 radical (unpaired) electrons. The number of amides is 1. The fourth-order valence-electron chi connectivity index (χ4n) is 3.55. The number of aromatic nitrogens is 2. The predicted molar refractivity (Wildman–Crippen MR) is 121 cm³/mol. The SMILES string of the molecule is Cn1c(S[C@@H](C(=O)NC2CC2)c2ccccc2)nc2cc3ccccc3cc2c1=O. The van der Waals surface area contributed by atoms with Crippen LogP contribution in [0.4, 0.5) is 0 Å². The van der Waals surface area contributed by atoms with Crippen molar-refractivity contribution in [1.29, 1.82) is 0 Å². The van der Waals surface area contributed by atoms with Crippen LogP contribution in [-0.4, -0.2) is 21.5 Å². The molecule has 1 aromatic heterocycles. The van der Waals surface area contributed by atoms with Crippen molar-refractivity contribution in [3.05, 3.63) is 82.6 Å². The van der Waals surface area contributed by atoms with E-state index in [9.17, 15) is 9.59 Å². The predicted octanol–water partition coefficient (Wildman–Crippen LogP) is 4.20. The average molecular weight is 416 g/mol. The summed E-state index contributed by atoms with van der Waals surface area (Å²) in [7, 11) is 1.72. The zero-order valence-corrected chi connectivity index (χ0v) is 17.4. The van der Waals surface area contributed by atoms with Crippen LogP contribution in [-0.2, 0) is 11.8 Å². The van der Waals surface area contributed by atoms with Gasteiger partial charge in [-0.1, -0.05) is 66.4 Å². The van der Waals surface area contributed by atoms with Gasteiger partial charge in [0.2, 0.25) is 5.91 Å². The molecule has 1 saturated carbocycles. The Balaban J connectivity index is 1.59. The molecule has 30 heavy (non-hydrogen) atoms. The molecule has 1 aliphatic carbocycles. The van der Waals surface area contributed by atoms with Crippen LogP contribution in [0.1, 0.15) is 23.7 Å². The van der Waals surface area contributed by atoms with Crippen molar-refractivity contribution < 1.29 is 4.79 Å². The molecule has 0 saturated heterocycles. The van der Waals surface area contributed by atoms with Gasteiger partial charge in [-0.25, -0.2) is 4.98 Å². The number of thioether (sulfide) groups is 1. The molecule has 0 bridgehead atoms. The van der Waals surface area contributed by atoms with Gasteiger partial charge in [-0.05, 0) is 41.3 Å². The second kappa shape index (κ2) is 7.61. The Morgan fingerprint density at radius 2 is 1.73 bits per heavy atom. The highest BCUT2D eigenvalue weighted by Crippen LogP contribution is 2.35. The topological polar surface area (TPSA) is 64.0 Å². The first kappa shape index (κ1) is 18.9. The fraction of sp³-hybridized carbons (Fsp3) is 0.208. The number of carbonyl (C=O) groups excluding carboxylic acids is 1. The third kappa shape index (κ3) is 3.59. The molecule has 0 spiro atoms. The van der Waals surface area contributed by atoms with Gasteiger partial charge in [-0.2, -0.15) is 0 Å². The second-order valence-corrected chi connectivity index (χ2v) is 8.74. The summed E-state index contributed by atoms with van der Waals surface area (Å²) >= 11 is 1.32. The molecule has 1 atom stereocenters. The van der Waals surface area contributed by atoms with Crippen LogP contribution in [0.15, 0.2) is 76.7 Å². The van der Waals surface area contributed by atoms with Crippen molar-refractivity contribution in [2.24, 2.45) is 7.05 Å². The summed E-state index contributed by atoms with van der Waals surface area (Å²) in [5, 5.41) is 5.78. The smallest absolute Gasteiger partial charge is 0.261 e. The normalized spacial score (nSPS) is 14.7. The van der Waals surface area contributed by atoms with E-state index < -0.39 is 5.25 Å². The molecule has 1 amide bonds. The third-order valence-corrected chi connectivity index (χ3v) is 6.69. The summed E-state index contributed by atoms with van der Waals surface area (Å²) in [6.45, 7) is 0. The van der Waals surface area contributed by atoms with Crippen LogP contribution in [0.25, 0.3) is 21.7 Å². The second-order valence-electron chi connectivity index (χ2n) is 7.67. The monoisotopic (exact) mass is 415 g/mol. The minimum atomic E-state index is -0.470. The lowest BCUT2D eigenvalue weighted by atomic mass is 10.1. The highest BCUT2D eigenvalue weighted by atomic mass is 32.2. The van der Waals surface area contributed by atoms with Gasteiger partial charge in [-0.15, -0.1) is 0 Å². The van der Waals surface area contributed by atoms with Crippen molar-refractivity contribution in [3.8, 4) is 0 Å². The maximum Gasteiger partial charge on any atom is 0.261 e. The lowest BCUT2D eigenvalue weighted by Crippen LogP contribution is -2.30. The summed E-state index contributed by atoms with van der Waals surface area (Å²) in [5.41, 5.74) is 1.44. The van der Waals surface area contributed by atoms with E-state index in [1.54, 1.807) is 11.6 Å². The van der Waals surface area contributed by atoms with Gasteiger partial charge in [0.25, 0.3) is 5.56 Å². The van der Waals surface area contributed by atoms with E-state index in [4.69, 9.17) is 4.98 Å². The van der Waals surface area contributed by atoms with E-state index in [1.165, 1.54) is 11.8 Å². The number of nitrogens with one attached hydrogen (secondary N) is 1. The fourth-order valence-corrected chi connectivity index (χ4v) is 4.62. The number of hydrogen-bond donors (Lipinski definition) is 1. The molecule has 4 aromatic rings. The van der Waals surface area contributed by atoms with Crippen LogP contribution in [0, 0.1) is 0 Å². The highest BCUT2D eigenvalue weighted by molar-refractivity contribution is 8.00. The Hall–Kier alpha value is -3.12. The van der Waals surface area contributed by atoms with Gasteiger partial charge in [0.1, 0.15) is 5.25 Å². The number of carbonyl (C=O) groups is 1. The Morgan fingerprint density at radius 3 is 2.43 bits per heavy atom. The molecule has 1 fully saturated rings. The minimum absolute atomic E-state index is 0.0402. The molecule has 3 aromatic carbocycles. The lowest BCUT2D eigenvalue weighted by Gasteiger charge is -2.18. The molecular weight excluding hydrogens is 394 g/mol. The number of hydrogen-bond acceptors (Lipinski definition) is 4. The van der Waals surface area contributed by atoms with Crippen LogP contribution < -0.4 is 10.9 Å². The van der Waals surface area contributed by atoms with E-state index in [1.807, 2.05) is 66.7 Å². The minimum Gasteiger partial charge on any atom is -0.352 e. The van der Waals surface area contributed by atoms with Gasteiger partial charge in [-0.3, -0.25) is 14.2 Å². The number of benzene rings is 3. The van der Waals surface area contributed by atoms with E-state index >= 15 is 0 Å². The number of nitrogens with zero attached hydrogens (tertiary/aromatic N) is 2. The van der Waals surface area contributed by atoms with Gasteiger partial charge in [0.05, 0.1) is 10.9 Å².